The number of hydrogen-bond donors (Lipinski definition) is 1. The van der Waals surface area contributed by atoms with E-state index in [0.29, 0.717) is 23.0 Å². The molecule has 1 unspecified atom stereocenters. The Hall–Kier alpha value is -2.35. The summed E-state index contributed by atoms with van der Waals surface area (Å²) in [7, 11) is 0. The third-order valence-electron chi connectivity index (χ3n) is 3.03. The van der Waals surface area contributed by atoms with Crippen LogP contribution in [0.4, 0.5) is 10.5 Å². The van der Waals surface area contributed by atoms with Crippen molar-refractivity contribution in [3.63, 3.8) is 0 Å². The zero-order valence-corrected chi connectivity index (χ0v) is 9.59. The topological polar surface area (TPSA) is 74.5 Å². The minimum Gasteiger partial charge on any atom is -0.437 e. The van der Waals surface area contributed by atoms with Gasteiger partial charge in [-0.15, -0.1) is 0 Å². The number of hydrogen-bond acceptors (Lipinski definition) is 4. The summed E-state index contributed by atoms with van der Waals surface area (Å²) in [6.45, 7) is 0. The fourth-order valence-corrected chi connectivity index (χ4v) is 1.94. The first-order chi connectivity index (χ1) is 8.76. The molecule has 90 valence electrons. The summed E-state index contributed by atoms with van der Waals surface area (Å²) in [6.07, 6.45) is 1.49. The van der Waals surface area contributed by atoms with E-state index in [1.807, 2.05) is 6.07 Å². The van der Waals surface area contributed by atoms with Crippen LogP contribution in [0.25, 0.3) is 0 Å². The van der Waals surface area contributed by atoms with Gasteiger partial charge < -0.3 is 4.74 Å². The Balaban J connectivity index is 1.85. The Bertz CT molecular complexity index is 553. The van der Waals surface area contributed by atoms with Crippen LogP contribution >= 0.6 is 0 Å². The fourth-order valence-electron chi connectivity index (χ4n) is 1.94. The van der Waals surface area contributed by atoms with Gasteiger partial charge in [-0.1, -0.05) is 0 Å². The number of nitriles is 1. The van der Waals surface area contributed by atoms with Gasteiger partial charge in [-0.25, -0.2) is 9.79 Å². The van der Waals surface area contributed by atoms with E-state index < -0.39 is 6.09 Å². The molecule has 0 aromatic heterocycles. The van der Waals surface area contributed by atoms with Gasteiger partial charge in [-0.05, 0) is 37.1 Å². The molecular weight excluding hydrogens is 230 g/mol. The summed E-state index contributed by atoms with van der Waals surface area (Å²) in [6, 6.07) is 8.94. The average molecular weight is 241 g/mol. The number of carbonyl (C=O) groups excluding carboxylic acids is 1. The molecule has 2 fully saturated rings. The van der Waals surface area contributed by atoms with Gasteiger partial charge in [0.05, 0.1) is 17.3 Å². The van der Waals surface area contributed by atoms with E-state index in [2.05, 4.69) is 10.3 Å². The van der Waals surface area contributed by atoms with Crippen molar-refractivity contribution in [1.29, 1.82) is 5.26 Å². The Morgan fingerprint density at radius 1 is 1.33 bits per heavy atom. The maximum atomic E-state index is 11.2. The third-order valence-corrected chi connectivity index (χ3v) is 3.03. The molecule has 1 aromatic carbocycles. The number of nitrogens with one attached hydrogen (secondary N) is 1. The highest BCUT2D eigenvalue weighted by Crippen LogP contribution is 2.36. The maximum Gasteiger partial charge on any atom is 0.413 e. The average Bonchev–Trinajstić information content (AvgIpc) is 3.15. The lowest BCUT2D eigenvalue weighted by Crippen LogP contribution is -2.26. The van der Waals surface area contributed by atoms with E-state index in [1.54, 1.807) is 24.3 Å². The van der Waals surface area contributed by atoms with Gasteiger partial charge in [0.15, 0.2) is 11.9 Å². The molecule has 1 N–H and O–H groups in total. The largest absolute Gasteiger partial charge is 0.437 e. The highest BCUT2D eigenvalue weighted by Gasteiger charge is 2.42. The van der Waals surface area contributed by atoms with Gasteiger partial charge in [0, 0.05) is 5.92 Å². The molecule has 1 heterocycles. The van der Waals surface area contributed by atoms with Gasteiger partial charge in [-0.2, -0.15) is 5.26 Å². The molecule has 1 aliphatic heterocycles. The number of alkyl carbamates (subject to hydrolysis) is 1. The number of cyclic esters (lactones) is 1. The number of aliphatic imine (C=N–C) groups is 1. The second-order valence-corrected chi connectivity index (χ2v) is 4.44. The zero-order valence-electron chi connectivity index (χ0n) is 9.59. The maximum absolute atomic E-state index is 11.2. The molecule has 1 saturated heterocycles. The minimum absolute atomic E-state index is 0.229. The summed E-state index contributed by atoms with van der Waals surface area (Å²) in [5, 5.41) is 11.3. The highest BCUT2D eigenvalue weighted by atomic mass is 16.6. The molecule has 1 amide bonds. The van der Waals surface area contributed by atoms with Crippen LogP contribution < -0.4 is 5.32 Å². The first-order valence-electron chi connectivity index (χ1n) is 5.82. The van der Waals surface area contributed by atoms with E-state index in [9.17, 15) is 4.79 Å². The first kappa shape index (κ1) is 10.8. The molecule has 5 heteroatoms. The van der Waals surface area contributed by atoms with Gasteiger partial charge in [0.25, 0.3) is 0 Å². The van der Waals surface area contributed by atoms with Gasteiger partial charge in [0.1, 0.15) is 0 Å². The SMILES string of the molecule is N#Cc1ccc(N=C2NC(=O)OC2C2CC2)cc1. The zero-order chi connectivity index (χ0) is 12.5. The number of nitrogens with zero attached hydrogens (tertiary/aromatic N) is 2. The molecule has 18 heavy (non-hydrogen) atoms. The number of carbonyl (C=O) groups is 1. The molecule has 0 spiro atoms. The standard InChI is InChI=1S/C13H11N3O2/c14-7-8-1-5-10(6-2-8)15-12-11(9-3-4-9)18-13(17)16-12/h1-2,5-6,9,11H,3-4H2,(H,15,16,17). The highest BCUT2D eigenvalue weighted by molar-refractivity contribution is 6.04. The first-order valence-corrected chi connectivity index (χ1v) is 5.82. The molecule has 2 aliphatic rings. The second-order valence-electron chi connectivity index (χ2n) is 4.44. The van der Waals surface area contributed by atoms with Crippen molar-refractivity contribution in [3.8, 4) is 6.07 Å². The van der Waals surface area contributed by atoms with E-state index >= 15 is 0 Å². The number of benzene rings is 1. The molecule has 0 radical (unpaired) electrons. The van der Waals surface area contributed by atoms with Crippen LogP contribution in [0, 0.1) is 17.2 Å². The number of ether oxygens (including phenoxy) is 1. The number of amidine groups is 1. The lowest BCUT2D eigenvalue weighted by molar-refractivity contribution is 0.141. The van der Waals surface area contributed by atoms with Crippen LogP contribution in [0.5, 0.6) is 0 Å². The van der Waals surface area contributed by atoms with Crippen molar-refractivity contribution in [2.75, 3.05) is 0 Å². The predicted molar refractivity (Wildman–Crippen MR) is 64.4 cm³/mol. The second kappa shape index (κ2) is 4.15. The summed E-state index contributed by atoms with van der Waals surface area (Å²) in [4.78, 5) is 15.6. The lowest BCUT2D eigenvalue weighted by Gasteiger charge is -2.06. The summed E-state index contributed by atoms with van der Waals surface area (Å²) < 4.78 is 5.18. The molecule has 0 bridgehead atoms. The predicted octanol–water partition coefficient (Wildman–Crippen LogP) is 2.11. The van der Waals surface area contributed by atoms with E-state index in [4.69, 9.17) is 10.00 Å². The van der Waals surface area contributed by atoms with Gasteiger partial charge in [0.2, 0.25) is 0 Å². The monoisotopic (exact) mass is 241 g/mol. The van der Waals surface area contributed by atoms with Crippen molar-refractivity contribution in [1.82, 2.24) is 5.32 Å². The van der Waals surface area contributed by atoms with E-state index in [1.165, 1.54) is 0 Å². The van der Waals surface area contributed by atoms with E-state index in [0.717, 1.165) is 12.8 Å². The van der Waals surface area contributed by atoms with Gasteiger partial charge >= 0.3 is 6.09 Å². The van der Waals surface area contributed by atoms with E-state index in [-0.39, 0.29) is 6.10 Å². The van der Waals surface area contributed by atoms with Crippen LogP contribution in [-0.4, -0.2) is 18.0 Å². The normalized spacial score (nSPS) is 24.5. The van der Waals surface area contributed by atoms with Crippen LogP contribution in [0.1, 0.15) is 18.4 Å². The molecular formula is C13H11N3O2. The summed E-state index contributed by atoms with van der Waals surface area (Å²) in [5.41, 5.74) is 1.30. The minimum atomic E-state index is -0.431. The molecule has 3 rings (SSSR count). The molecule has 1 saturated carbocycles. The van der Waals surface area contributed by atoms with Crippen molar-refractivity contribution < 1.29 is 9.53 Å². The molecule has 1 aromatic rings. The quantitative estimate of drug-likeness (QED) is 0.861. The third kappa shape index (κ3) is 2.05. The van der Waals surface area contributed by atoms with Gasteiger partial charge in [-0.3, -0.25) is 5.32 Å². The number of amides is 1. The van der Waals surface area contributed by atoms with Crippen LogP contribution in [0.3, 0.4) is 0 Å². The Labute approximate surface area is 104 Å². The molecule has 1 aliphatic carbocycles. The Morgan fingerprint density at radius 3 is 2.67 bits per heavy atom. The van der Waals surface area contributed by atoms with Crippen molar-refractivity contribution in [2.45, 2.75) is 18.9 Å². The summed E-state index contributed by atoms with van der Waals surface area (Å²) in [5.74, 6) is 0.980. The van der Waals surface area contributed by atoms with Crippen LogP contribution in [0.2, 0.25) is 0 Å². The Kier molecular flexibility index (Phi) is 2.49. The van der Waals surface area contributed by atoms with Crippen molar-refractivity contribution in [3.05, 3.63) is 29.8 Å². The summed E-state index contributed by atoms with van der Waals surface area (Å²) >= 11 is 0. The fraction of sp³-hybridized carbons (Fsp3) is 0.308. The van der Waals surface area contributed by atoms with Crippen molar-refractivity contribution in [2.24, 2.45) is 10.9 Å². The van der Waals surface area contributed by atoms with Crippen LogP contribution in [0.15, 0.2) is 29.3 Å². The number of rotatable bonds is 2. The molecule has 5 nitrogen and oxygen atoms in total. The molecule has 1 atom stereocenters. The lowest BCUT2D eigenvalue weighted by atomic mass is 10.2. The Morgan fingerprint density at radius 2 is 2.06 bits per heavy atom. The smallest absolute Gasteiger partial charge is 0.413 e. The van der Waals surface area contributed by atoms with Crippen LogP contribution in [-0.2, 0) is 4.74 Å². The van der Waals surface area contributed by atoms with Crippen molar-refractivity contribution >= 4 is 17.6 Å².